The molecule has 0 aromatic carbocycles. The molecule has 0 rings (SSSR count). The molecular weight excluding hydrogens is 719 g/mol. The smallest absolute Gasteiger partial charge is 0.268 e. The molecule has 0 aromatic rings. The van der Waals surface area contributed by atoms with Crippen molar-refractivity contribution in [3.63, 3.8) is 0 Å². The van der Waals surface area contributed by atoms with Gasteiger partial charge in [0.15, 0.2) is 0 Å². The minimum absolute atomic E-state index is 0.00211. The maximum absolute atomic E-state index is 12.8. The molecule has 0 aliphatic carbocycles. The molecule has 334 valence electrons. The zero-order chi connectivity index (χ0) is 41.4. The highest BCUT2D eigenvalue weighted by Crippen LogP contribution is 2.38. The fourth-order valence-electron chi connectivity index (χ4n) is 7.15. The number of nitrogens with one attached hydrogen (secondary N) is 1. The third kappa shape index (κ3) is 41.4. The standard InChI is InChI=1S/C47H95N2O6P/c1-6-8-10-12-14-16-18-19-20-21-22-23-24-25-26-27-28-29-31-32-34-36-38-40-46(50)45(44-55-56(52,53)54-43-42-49(3,4)5)48-47(51)41-39-37-35-33-30-17-15-13-11-9-7-2/h38,40,45-46,50H,6-37,39,41-44H2,1-5H3,(H-,48,51,52,53)/b40-38+. The van der Waals surface area contributed by atoms with E-state index in [0.29, 0.717) is 17.4 Å². The Kier molecular flexibility index (Phi) is 39.1. The minimum Gasteiger partial charge on any atom is -0.756 e. The molecule has 3 atom stereocenters. The fraction of sp³-hybridized carbons (Fsp3) is 0.936. The van der Waals surface area contributed by atoms with E-state index in [-0.39, 0.29) is 19.1 Å². The van der Waals surface area contributed by atoms with E-state index in [1.807, 2.05) is 27.2 Å². The molecule has 1 amide bonds. The van der Waals surface area contributed by atoms with E-state index in [0.717, 1.165) is 38.5 Å². The monoisotopic (exact) mass is 815 g/mol. The molecule has 2 N–H and O–H groups in total. The molecule has 0 aromatic heterocycles. The lowest BCUT2D eigenvalue weighted by atomic mass is 10.0. The summed E-state index contributed by atoms with van der Waals surface area (Å²) in [5.74, 6) is -0.196. The van der Waals surface area contributed by atoms with E-state index in [9.17, 15) is 19.4 Å². The number of carbonyl (C=O) groups excluding carboxylic acids is 1. The van der Waals surface area contributed by atoms with Crippen LogP contribution in [0.25, 0.3) is 0 Å². The van der Waals surface area contributed by atoms with Gasteiger partial charge in [-0.3, -0.25) is 9.36 Å². The molecule has 0 bridgehead atoms. The Labute approximate surface area is 348 Å². The van der Waals surface area contributed by atoms with E-state index in [1.54, 1.807) is 6.08 Å². The number of hydrogen-bond acceptors (Lipinski definition) is 6. The molecule has 0 fully saturated rings. The number of allylic oxidation sites excluding steroid dienone is 1. The van der Waals surface area contributed by atoms with Crippen LogP contribution >= 0.6 is 7.82 Å². The van der Waals surface area contributed by atoms with Gasteiger partial charge in [-0.05, 0) is 19.3 Å². The number of likely N-dealkylation sites (N-methyl/N-ethyl adjacent to an activating group) is 1. The van der Waals surface area contributed by atoms with Crippen LogP contribution in [0.5, 0.6) is 0 Å². The molecule has 56 heavy (non-hydrogen) atoms. The van der Waals surface area contributed by atoms with Crippen molar-refractivity contribution >= 4 is 13.7 Å². The molecule has 0 aliphatic rings. The lowest BCUT2D eigenvalue weighted by molar-refractivity contribution is -0.870. The van der Waals surface area contributed by atoms with Gasteiger partial charge in [-0.2, -0.15) is 0 Å². The number of rotatable bonds is 44. The predicted octanol–water partition coefficient (Wildman–Crippen LogP) is 12.9. The predicted molar refractivity (Wildman–Crippen MR) is 238 cm³/mol. The fourth-order valence-corrected chi connectivity index (χ4v) is 7.88. The Morgan fingerprint density at radius 2 is 0.964 bits per heavy atom. The third-order valence-electron chi connectivity index (χ3n) is 11.0. The number of aliphatic hydroxyl groups is 1. The average molecular weight is 815 g/mol. The lowest BCUT2D eigenvalue weighted by Crippen LogP contribution is -2.45. The number of phosphoric ester groups is 1. The van der Waals surface area contributed by atoms with Gasteiger partial charge in [-0.15, -0.1) is 0 Å². The molecule has 0 radical (unpaired) electrons. The third-order valence-corrected chi connectivity index (χ3v) is 12.0. The lowest BCUT2D eigenvalue weighted by Gasteiger charge is -2.29. The van der Waals surface area contributed by atoms with Crippen molar-refractivity contribution in [2.45, 2.75) is 244 Å². The van der Waals surface area contributed by atoms with Crippen LogP contribution in [0.4, 0.5) is 0 Å². The normalized spacial score (nSPS) is 14.3. The molecule has 0 saturated heterocycles. The van der Waals surface area contributed by atoms with Crippen LogP contribution in [0.3, 0.4) is 0 Å². The van der Waals surface area contributed by atoms with Crippen LogP contribution in [-0.2, 0) is 18.4 Å². The summed E-state index contributed by atoms with van der Waals surface area (Å²) >= 11 is 0. The van der Waals surface area contributed by atoms with Crippen molar-refractivity contribution in [1.82, 2.24) is 5.32 Å². The first-order valence-corrected chi connectivity index (χ1v) is 25.5. The summed E-state index contributed by atoms with van der Waals surface area (Å²) in [5, 5.41) is 13.8. The topological polar surface area (TPSA) is 108 Å². The molecule has 3 unspecified atom stereocenters. The van der Waals surface area contributed by atoms with Crippen molar-refractivity contribution in [2.24, 2.45) is 0 Å². The average Bonchev–Trinajstić information content (AvgIpc) is 3.15. The summed E-state index contributed by atoms with van der Waals surface area (Å²) in [6, 6.07) is -0.879. The number of amides is 1. The second-order valence-corrected chi connectivity index (χ2v) is 19.2. The summed E-state index contributed by atoms with van der Waals surface area (Å²) in [4.78, 5) is 25.3. The van der Waals surface area contributed by atoms with Gasteiger partial charge in [0, 0.05) is 6.42 Å². The number of phosphoric acid groups is 1. The summed E-state index contributed by atoms with van der Waals surface area (Å²) in [7, 11) is 1.27. The van der Waals surface area contributed by atoms with Gasteiger partial charge in [-0.25, -0.2) is 0 Å². The van der Waals surface area contributed by atoms with Crippen LogP contribution < -0.4 is 10.2 Å². The molecule has 8 nitrogen and oxygen atoms in total. The Balaban J connectivity index is 4.24. The van der Waals surface area contributed by atoms with Crippen LogP contribution in [0.1, 0.15) is 232 Å². The van der Waals surface area contributed by atoms with E-state index < -0.39 is 20.0 Å². The highest BCUT2D eigenvalue weighted by atomic mass is 31.2. The summed E-state index contributed by atoms with van der Waals surface area (Å²) < 4.78 is 23.2. The van der Waals surface area contributed by atoms with Crippen molar-refractivity contribution in [3.8, 4) is 0 Å². The van der Waals surface area contributed by atoms with Gasteiger partial charge < -0.3 is 28.8 Å². The summed E-state index contributed by atoms with van der Waals surface area (Å²) in [6.07, 6.45) is 45.5. The molecular formula is C47H95N2O6P. The number of unbranched alkanes of at least 4 members (excludes halogenated alkanes) is 31. The van der Waals surface area contributed by atoms with Crippen LogP contribution in [0.2, 0.25) is 0 Å². The Morgan fingerprint density at radius 1 is 0.607 bits per heavy atom. The number of nitrogens with zero attached hydrogens (tertiary/aromatic N) is 1. The second kappa shape index (κ2) is 39.7. The zero-order valence-corrected chi connectivity index (χ0v) is 38.7. The SMILES string of the molecule is CCCCCCCCCCCCCCCCCCCCCCC/C=C/C(O)C(COP(=O)([O-])OCC[N+](C)(C)C)NC(=O)CCCCCCCCCCCCC. The van der Waals surface area contributed by atoms with Gasteiger partial charge >= 0.3 is 0 Å². The molecule has 9 heteroatoms. The van der Waals surface area contributed by atoms with Crippen molar-refractivity contribution < 1.29 is 32.9 Å². The quantitative estimate of drug-likeness (QED) is 0.0274. The molecule has 0 heterocycles. The maximum atomic E-state index is 12.8. The van der Waals surface area contributed by atoms with E-state index in [4.69, 9.17) is 9.05 Å². The van der Waals surface area contributed by atoms with Crippen molar-refractivity contribution in [3.05, 3.63) is 12.2 Å². The summed E-state index contributed by atoms with van der Waals surface area (Å²) in [6.45, 7) is 4.66. The van der Waals surface area contributed by atoms with Gasteiger partial charge in [0.1, 0.15) is 13.2 Å². The number of aliphatic hydroxyl groups excluding tert-OH is 1. The van der Waals surface area contributed by atoms with Gasteiger partial charge in [-0.1, -0.05) is 219 Å². The van der Waals surface area contributed by atoms with E-state index in [1.165, 1.54) is 173 Å². The van der Waals surface area contributed by atoms with Gasteiger partial charge in [0.2, 0.25) is 5.91 Å². The first kappa shape index (κ1) is 55.2. The molecule has 0 aliphatic heterocycles. The zero-order valence-electron chi connectivity index (χ0n) is 37.9. The highest BCUT2D eigenvalue weighted by Gasteiger charge is 2.23. The Bertz CT molecular complexity index is 927. The Morgan fingerprint density at radius 3 is 1.34 bits per heavy atom. The van der Waals surface area contributed by atoms with Crippen molar-refractivity contribution in [1.29, 1.82) is 0 Å². The first-order valence-electron chi connectivity index (χ1n) is 24.1. The molecule has 0 spiro atoms. The van der Waals surface area contributed by atoms with Crippen LogP contribution in [0, 0.1) is 0 Å². The van der Waals surface area contributed by atoms with E-state index >= 15 is 0 Å². The largest absolute Gasteiger partial charge is 0.756 e. The van der Waals surface area contributed by atoms with Crippen LogP contribution in [-0.4, -0.2) is 68.5 Å². The number of carbonyl (C=O) groups is 1. The minimum atomic E-state index is -4.58. The number of hydrogen-bond donors (Lipinski definition) is 2. The second-order valence-electron chi connectivity index (χ2n) is 17.8. The molecule has 0 saturated carbocycles. The summed E-state index contributed by atoms with van der Waals surface area (Å²) in [5.41, 5.74) is 0. The maximum Gasteiger partial charge on any atom is 0.268 e. The first-order chi connectivity index (χ1) is 27.0. The highest BCUT2D eigenvalue weighted by molar-refractivity contribution is 7.45. The van der Waals surface area contributed by atoms with Gasteiger partial charge in [0.25, 0.3) is 7.82 Å². The van der Waals surface area contributed by atoms with Crippen LogP contribution in [0.15, 0.2) is 12.2 Å². The van der Waals surface area contributed by atoms with E-state index in [2.05, 4.69) is 19.2 Å². The number of quaternary nitrogens is 1. The van der Waals surface area contributed by atoms with Crippen molar-refractivity contribution in [2.75, 3.05) is 40.9 Å². The van der Waals surface area contributed by atoms with Gasteiger partial charge in [0.05, 0.1) is 39.9 Å². The Hall–Kier alpha value is -0.760.